The van der Waals surface area contributed by atoms with Gasteiger partial charge < -0.3 is 20.3 Å². The number of anilines is 1. The highest BCUT2D eigenvalue weighted by atomic mass is 127. The minimum Gasteiger partial charge on any atom is -0.375 e. The molecule has 6 nitrogen and oxygen atoms in total. The van der Waals surface area contributed by atoms with Crippen LogP contribution in [0.5, 0.6) is 0 Å². The van der Waals surface area contributed by atoms with Crippen molar-refractivity contribution in [2.75, 3.05) is 49.2 Å². The zero-order chi connectivity index (χ0) is 16.1. The van der Waals surface area contributed by atoms with Crippen molar-refractivity contribution < 1.29 is 4.74 Å². The number of pyridine rings is 1. The molecule has 0 radical (unpaired) electrons. The van der Waals surface area contributed by atoms with Crippen LogP contribution in [0.2, 0.25) is 0 Å². The summed E-state index contributed by atoms with van der Waals surface area (Å²) in [5.41, 5.74) is 7.17. The number of hydrogen-bond acceptors (Lipinski definition) is 5. The molecule has 134 valence electrons. The molecule has 2 aliphatic rings. The van der Waals surface area contributed by atoms with Crippen LogP contribution < -0.4 is 10.6 Å². The molecule has 3 heterocycles. The molecule has 0 bridgehead atoms. The zero-order valence-electron chi connectivity index (χ0n) is 14.1. The van der Waals surface area contributed by atoms with Gasteiger partial charge in [-0.15, -0.1) is 24.0 Å². The quantitative estimate of drug-likeness (QED) is 0.419. The lowest BCUT2D eigenvalue weighted by atomic mass is 10.2. The summed E-state index contributed by atoms with van der Waals surface area (Å²) >= 11 is 1.97. The number of aromatic nitrogens is 1. The molecule has 0 aliphatic carbocycles. The van der Waals surface area contributed by atoms with Gasteiger partial charge in [0.05, 0.1) is 19.3 Å². The Morgan fingerprint density at radius 2 is 2.17 bits per heavy atom. The third-order valence-corrected chi connectivity index (χ3v) is 5.08. The molecule has 1 aromatic rings. The molecule has 24 heavy (non-hydrogen) atoms. The second kappa shape index (κ2) is 9.67. The summed E-state index contributed by atoms with van der Waals surface area (Å²) in [7, 11) is 0. The summed E-state index contributed by atoms with van der Waals surface area (Å²) in [5.74, 6) is 3.92. The van der Waals surface area contributed by atoms with Crippen molar-refractivity contribution in [3.63, 3.8) is 0 Å². The predicted molar refractivity (Wildman–Crippen MR) is 112 cm³/mol. The molecule has 2 fully saturated rings. The van der Waals surface area contributed by atoms with Gasteiger partial charge in [0, 0.05) is 43.9 Å². The van der Waals surface area contributed by atoms with E-state index in [1.807, 2.05) is 18.0 Å². The second-order valence-electron chi connectivity index (χ2n) is 5.93. The highest BCUT2D eigenvalue weighted by Crippen LogP contribution is 2.16. The summed E-state index contributed by atoms with van der Waals surface area (Å²) in [6.07, 6.45) is 2.16. The number of thioether (sulfide) groups is 1. The lowest BCUT2D eigenvalue weighted by Gasteiger charge is -2.32. The van der Waals surface area contributed by atoms with Crippen molar-refractivity contribution in [1.29, 1.82) is 0 Å². The first-order valence-electron chi connectivity index (χ1n) is 8.16. The van der Waals surface area contributed by atoms with Crippen molar-refractivity contribution in [1.82, 2.24) is 9.88 Å². The Morgan fingerprint density at radius 3 is 2.83 bits per heavy atom. The zero-order valence-corrected chi connectivity index (χ0v) is 17.2. The van der Waals surface area contributed by atoms with Gasteiger partial charge in [-0.2, -0.15) is 11.8 Å². The fourth-order valence-corrected chi connectivity index (χ4v) is 3.69. The maximum Gasteiger partial charge on any atom is 0.191 e. The summed E-state index contributed by atoms with van der Waals surface area (Å²) < 4.78 is 5.57. The molecule has 0 aromatic carbocycles. The van der Waals surface area contributed by atoms with E-state index in [4.69, 9.17) is 10.5 Å². The fourth-order valence-electron chi connectivity index (χ4n) is 2.79. The minimum atomic E-state index is 0. The van der Waals surface area contributed by atoms with Crippen LogP contribution in [-0.4, -0.2) is 66.2 Å². The Bertz CT molecular complexity index is 536. The third kappa shape index (κ3) is 5.38. The number of nitrogens with two attached hydrogens (primary N) is 1. The van der Waals surface area contributed by atoms with Crippen molar-refractivity contribution in [3.05, 3.63) is 23.9 Å². The van der Waals surface area contributed by atoms with Gasteiger partial charge in [-0.25, -0.2) is 9.98 Å². The average molecular weight is 463 g/mol. The fraction of sp³-hybridized carbons (Fsp3) is 0.625. The lowest BCUT2D eigenvalue weighted by Crippen LogP contribution is -2.42. The van der Waals surface area contributed by atoms with Crippen LogP contribution in [0, 0.1) is 0 Å². The van der Waals surface area contributed by atoms with E-state index in [1.54, 1.807) is 0 Å². The van der Waals surface area contributed by atoms with Crippen molar-refractivity contribution in [2.45, 2.75) is 19.6 Å². The second-order valence-corrected chi connectivity index (χ2v) is 7.15. The normalized spacial score (nSPS) is 22.2. The first-order chi connectivity index (χ1) is 11.2. The molecule has 2 aliphatic heterocycles. The maximum atomic E-state index is 6.08. The van der Waals surface area contributed by atoms with Gasteiger partial charge >= 0.3 is 0 Å². The molecule has 1 unspecified atom stereocenters. The average Bonchev–Trinajstić information content (AvgIpc) is 2.61. The number of nitrogens with zero attached hydrogens (tertiary/aromatic N) is 4. The first kappa shape index (κ1) is 19.6. The van der Waals surface area contributed by atoms with Crippen LogP contribution in [0.25, 0.3) is 0 Å². The lowest BCUT2D eigenvalue weighted by molar-refractivity contribution is 0.0529. The van der Waals surface area contributed by atoms with E-state index in [1.165, 1.54) is 0 Å². The molecule has 8 heteroatoms. The number of ether oxygens (including phenoxy) is 1. The predicted octanol–water partition coefficient (Wildman–Crippen LogP) is 1.79. The van der Waals surface area contributed by atoms with Crippen LogP contribution in [0.15, 0.2) is 23.3 Å². The Balaban J connectivity index is 0.00000208. The van der Waals surface area contributed by atoms with Gasteiger partial charge in [0.25, 0.3) is 0 Å². The SMILES string of the molecule is CC1CN(c2ccc(CN=C(N)N3CCSCC3)cn2)CCO1.I. The Morgan fingerprint density at radius 1 is 1.38 bits per heavy atom. The largest absolute Gasteiger partial charge is 0.375 e. The summed E-state index contributed by atoms with van der Waals surface area (Å²) in [6.45, 7) is 7.22. The van der Waals surface area contributed by atoms with Crippen molar-refractivity contribution >= 4 is 47.5 Å². The molecular formula is C16H26IN5OS. The van der Waals surface area contributed by atoms with Crippen molar-refractivity contribution in [2.24, 2.45) is 10.7 Å². The number of halogens is 1. The smallest absolute Gasteiger partial charge is 0.191 e. The number of aliphatic imine (C=N–C) groups is 1. The molecular weight excluding hydrogens is 437 g/mol. The molecule has 2 N–H and O–H groups in total. The molecule has 1 atom stereocenters. The number of morpholine rings is 1. The van der Waals surface area contributed by atoms with Crippen LogP contribution >= 0.6 is 35.7 Å². The molecule has 2 saturated heterocycles. The number of hydrogen-bond donors (Lipinski definition) is 1. The van der Waals surface area contributed by atoms with E-state index in [9.17, 15) is 0 Å². The van der Waals surface area contributed by atoms with Gasteiger partial charge in [-0.1, -0.05) is 6.07 Å². The number of rotatable bonds is 3. The van der Waals surface area contributed by atoms with E-state index in [2.05, 4.69) is 38.8 Å². The van der Waals surface area contributed by atoms with Crippen LogP contribution in [0.1, 0.15) is 12.5 Å². The Kier molecular flexibility index (Phi) is 7.89. The van der Waals surface area contributed by atoms with Gasteiger partial charge in [-0.05, 0) is 18.6 Å². The standard InChI is InChI=1S/C16H25N5OS.HI/c1-13-12-21(4-7-22-13)15-3-2-14(10-18-15)11-19-16(17)20-5-8-23-9-6-20;/h2-3,10,13H,4-9,11-12H2,1H3,(H2,17,19);1H. The Hall–Kier alpha value is -0.740. The van der Waals surface area contributed by atoms with E-state index >= 15 is 0 Å². The van der Waals surface area contributed by atoms with Gasteiger partial charge in [0.1, 0.15) is 5.82 Å². The molecule has 0 spiro atoms. The van der Waals surface area contributed by atoms with E-state index in [-0.39, 0.29) is 30.1 Å². The topological polar surface area (TPSA) is 67.0 Å². The third-order valence-electron chi connectivity index (χ3n) is 4.13. The minimum absolute atomic E-state index is 0. The molecule has 0 amide bonds. The van der Waals surface area contributed by atoms with Crippen molar-refractivity contribution in [3.8, 4) is 0 Å². The van der Waals surface area contributed by atoms with Crippen LogP contribution in [0.4, 0.5) is 5.82 Å². The van der Waals surface area contributed by atoms with Gasteiger partial charge in [0.15, 0.2) is 5.96 Å². The van der Waals surface area contributed by atoms with E-state index < -0.39 is 0 Å². The van der Waals surface area contributed by atoms with Gasteiger partial charge in [0.2, 0.25) is 0 Å². The summed E-state index contributed by atoms with van der Waals surface area (Å²) in [5, 5.41) is 0. The summed E-state index contributed by atoms with van der Waals surface area (Å²) in [6, 6.07) is 4.15. The Labute approximate surface area is 165 Å². The first-order valence-corrected chi connectivity index (χ1v) is 9.32. The monoisotopic (exact) mass is 463 g/mol. The number of guanidine groups is 1. The molecule has 1 aromatic heterocycles. The summed E-state index contributed by atoms with van der Waals surface area (Å²) in [4.78, 5) is 13.5. The molecule has 3 rings (SSSR count). The highest BCUT2D eigenvalue weighted by Gasteiger charge is 2.17. The maximum absolute atomic E-state index is 6.08. The molecule has 0 saturated carbocycles. The van der Waals surface area contributed by atoms with E-state index in [0.29, 0.717) is 12.5 Å². The highest BCUT2D eigenvalue weighted by molar-refractivity contribution is 14.0. The van der Waals surface area contributed by atoms with Crippen LogP contribution in [-0.2, 0) is 11.3 Å². The van der Waals surface area contributed by atoms with Crippen LogP contribution in [0.3, 0.4) is 0 Å². The van der Waals surface area contributed by atoms with E-state index in [0.717, 1.165) is 55.7 Å². The van der Waals surface area contributed by atoms with Gasteiger partial charge in [-0.3, -0.25) is 0 Å².